The number of rotatable bonds is 3. The summed E-state index contributed by atoms with van der Waals surface area (Å²) in [5.74, 6) is 0. The Morgan fingerprint density at radius 2 is 1.71 bits per heavy atom. The second kappa shape index (κ2) is 6.39. The molecule has 1 heterocycles. The fourth-order valence-electron chi connectivity index (χ4n) is 4.30. The maximum Gasteiger partial charge on any atom is 0.0807 e. The van der Waals surface area contributed by atoms with Gasteiger partial charge in [-0.15, -0.1) is 0 Å². The second-order valence-electron chi connectivity index (χ2n) is 7.03. The average molecular weight is 287 g/mol. The smallest absolute Gasteiger partial charge is 0.0807 e. The summed E-state index contributed by atoms with van der Waals surface area (Å²) in [5.41, 5.74) is 3.02. The Bertz CT molecular complexity index is 454. The van der Waals surface area contributed by atoms with E-state index in [1.807, 2.05) is 6.07 Å². The summed E-state index contributed by atoms with van der Waals surface area (Å²) in [5, 5.41) is 10.3. The van der Waals surface area contributed by atoms with Crippen molar-refractivity contribution >= 4 is 5.69 Å². The van der Waals surface area contributed by atoms with E-state index in [0.717, 1.165) is 25.1 Å². The first-order chi connectivity index (χ1) is 10.2. The molecular formula is C19H29NO. The number of aliphatic hydroxyl groups excluding tert-OH is 1. The van der Waals surface area contributed by atoms with Crippen LogP contribution in [-0.2, 0) is 0 Å². The van der Waals surface area contributed by atoms with E-state index in [2.05, 4.69) is 30.0 Å². The number of nitrogens with zero attached hydrogens (tertiary/aromatic N) is 1. The van der Waals surface area contributed by atoms with Crippen molar-refractivity contribution in [2.24, 2.45) is 5.41 Å². The van der Waals surface area contributed by atoms with E-state index in [9.17, 15) is 5.11 Å². The topological polar surface area (TPSA) is 23.5 Å². The van der Waals surface area contributed by atoms with Gasteiger partial charge in [-0.05, 0) is 43.6 Å². The van der Waals surface area contributed by atoms with Gasteiger partial charge in [0.1, 0.15) is 0 Å². The van der Waals surface area contributed by atoms with E-state index in [4.69, 9.17) is 0 Å². The second-order valence-corrected chi connectivity index (χ2v) is 7.03. The molecule has 1 aliphatic carbocycles. The van der Waals surface area contributed by atoms with Crippen molar-refractivity contribution in [1.82, 2.24) is 0 Å². The minimum Gasteiger partial charge on any atom is -0.388 e. The van der Waals surface area contributed by atoms with Crippen LogP contribution in [0, 0.1) is 5.41 Å². The van der Waals surface area contributed by atoms with Crippen molar-refractivity contribution in [2.45, 2.75) is 64.4 Å². The zero-order valence-electron chi connectivity index (χ0n) is 13.4. The summed E-state index contributed by atoms with van der Waals surface area (Å²) < 4.78 is 0. The van der Waals surface area contributed by atoms with Crippen LogP contribution in [0.2, 0.25) is 0 Å². The van der Waals surface area contributed by atoms with E-state index < -0.39 is 0 Å². The highest BCUT2D eigenvalue weighted by molar-refractivity contribution is 5.55. The van der Waals surface area contributed by atoms with Gasteiger partial charge in [-0.25, -0.2) is 0 Å². The summed E-state index contributed by atoms with van der Waals surface area (Å²) in [6.45, 7) is 4.37. The minimum atomic E-state index is -0.327. The van der Waals surface area contributed by atoms with Crippen LogP contribution in [0.1, 0.15) is 70.0 Å². The van der Waals surface area contributed by atoms with E-state index in [-0.39, 0.29) is 6.10 Å². The van der Waals surface area contributed by atoms with Gasteiger partial charge in [-0.2, -0.15) is 0 Å². The summed E-state index contributed by atoms with van der Waals surface area (Å²) >= 11 is 0. The number of aliphatic hydroxyl groups is 1. The third-order valence-corrected chi connectivity index (χ3v) is 5.76. The molecule has 1 saturated heterocycles. The van der Waals surface area contributed by atoms with E-state index in [1.165, 1.54) is 50.6 Å². The first kappa shape index (κ1) is 14.9. The highest BCUT2D eigenvalue weighted by Gasteiger charge is 2.35. The predicted molar refractivity (Wildman–Crippen MR) is 88.7 cm³/mol. The van der Waals surface area contributed by atoms with Gasteiger partial charge >= 0.3 is 0 Å². The van der Waals surface area contributed by atoms with Crippen molar-refractivity contribution in [3.8, 4) is 0 Å². The molecule has 2 heteroatoms. The summed E-state index contributed by atoms with van der Waals surface area (Å²) in [4.78, 5) is 2.51. The zero-order chi connectivity index (χ0) is 14.7. The lowest BCUT2D eigenvalue weighted by Gasteiger charge is -2.45. The minimum absolute atomic E-state index is 0.327. The summed E-state index contributed by atoms with van der Waals surface area (Å²) in [6.07, 6.45) is 10.3. The number of benzene rings is 1. The fraction of sp³-hybridized carbons (Fsp3) is 0.684. The Balaban J connectivity index is 1.72. The molecule has 1 spiro atoms. The van der Waals surface area contributed by atoms with Crippen LogP contribution in [0.15, 0.2) is 24.3 Å². The third kappa shape index (κ3) is 3.11. The van der Waals surface area contributed by atoms with Crippen LogP contribution >= 0.6 is 0 Å². The first-order valence-corrected chi connectivity index (χ1v) is 8.76. The molecule has 0 radical (unpaired) electrons. The molecule has 116 valence electrons. The number of hydrogen-bond acceptors (Lipinski definition) is 2. The zero-order valence-corrected chi connectivity index (χ0v) is 13.4. The van der Waals surface area contributed by atoms with Crippen LogP contribution in [0.4, 0.5) is 5.69 Å². The SMILES string of the molecule is CC[C@H](O)c1ccccc1N1CCC2(CCCCC2)CC1. The molecule has 1 N–H and O–H groups in total. The van der Waals surface area contributed by atoms with Gasteiger partial charge in [-0.1, -0.05) is 44.4 Å². The molecule has 1 aliphatic heterocycles. The Hall–Kier alpha value is -1.02. The Morgan fingerprint density at radius 1 is 1.05 bits per heavy atom. The fourth-order valence-corrected chi connectivity index (χ4v) is 4.30. The van der Waals surface area contributed by atoms with Crippen LogP contribution in [-0.4, -0.2) is 18.2 Å². The Kier molecular flexibility index (Phi) is 4.54. The molecule has 2 aliphatic rings. The molecule has 21 heavy (non-hydrogen) atoms. The molecule has 3 rings (SSSR count). The van der Waals surface area contributed by atoms with Crippen LogP contribution < -0.4 is 4.90 Å². The predicted octanol–water partition coefficient (Wildman–Crippen LogP) is 4.68. The van der Waals surface area contributed by atoms with Gasteiger partial charge in [-0.3, -0.25) is 0 Å². The lowest BCUT2D eigenvalue weighted by Crippen LogP contribution is -2.41. The number of piperidine rings is 1. The molecule has 2 nitrogen and oxygen atoms in total. The van der Waals surface area contributed by atoms with Crippen molar-refractivity contribution in [3.05, 3.63) is 29.8 Å². The van der Waals surface area contributed by atoms with E-state index in [0.29, 0.717) is 5.41 Å². The monoisotopic (exact) mass is 287 g/mol. The van der Waals surface area contributed by atoms with Crippen LogP contribution in [0.3, 0.4) is 0 Å². The van der Waals surface area contributed by atoms with Crippen LogP contribution in [0.25, 0.3) is 0 Å². The Morgan fingerprint density at radius 3 is 2.38 bits per heavy atom. The number of para-hydroxylation sites is 1. The molecule has 1 aromatic rings. The standard InChI is InChI=1S/C19H29NO/c1-2-18(21)16-8-4-5-9-17(16)20-14-12-19(13-15-20)10-6-3-7-11-19/h4-5,8-9,18,21H,2-3,6-7,10-15H2,1H3/t18-/m0/s1. The Labute approximate surface area is 129 Å². The molecule has 0 aromatic heterocycles. The molecular weight excluding hydrogens is 258 g/mol. The highest BCUT2D eigenvalue weighted by Crippen LogP contribution is 2.45. The first-order valence-electron chi connectivity index (χ1n) is 8.76. The third-order valence-electron chi connectivity index (χ3n) is 5.76. The number of hydrogen-bond donors (Lipinski definition) is 1. The highest BCUT2D eigenvalue weighted by atomic mass is 16.3. The maximum absolute atomic E-state index is 10.3. The quantitative estimate of drug-likeness (QED) is 0.872. The largest absolute Gasteiger partial charge is 0.388 e. The molecule has 1 saturated carbocycles. The molecule has 0 unspecified atom stereocenters. The summed E-state index contributed by atoms with van der Waals surface area (Å²) in [6, 6.07) is 8.43. The normalized spacial score (nSPS) is 23.2. The molecule has 1 atom stereocenters. The van der Waals surface area contributed by atoms with Crippen molar-refractivity contribution < 1.29 is 5.11 Å². The van der Waals surface area contributed by atoms with E-state index >= 15 is 0 Å². The molecule has 0 bridgehead atoms. The molecule has 2 fully saturated rings. The van der Waals surface area contributed by atoms with Gasteiger partial charge < -0.3 is 10.0 Å². The van der Waals surface area contributed by atoms with Gasteiger partial charge in [0.05, 0.1) is 6.10 Å². The van der Waals surface area contributed by atoms with Crippen LogP contribution in [0.5, 0.6) is 0 Å². The lowest BCUT2D eigenvalue weighted by atomic mass is 9.68. The average Bonchev–Trinajstić information content (AvgIpc) is 2.56. The van der Waals surface area contributed by atoms with Gasteiger partial charge in [0, 0.05) is 24.3 Å². The number of anilines is 1. The van der Waals surface area contributed by atoms with Crippen molar-refractivity contribution in [1.29, 1.82) is 0 Å². The maximum atomic E-state index is 10.3. The summed E-state index contributed by atoms with van der Waals surface area (Å²) in [7, 11) is 0. The van der Waals surface area contributed by atoms with Gasteiger partial charge in [0.2, 0.25) is 0 Å². The molecule has 0 amide bonds. The molecule has 1 aromatic carbocycles. The van der Waals surface area contributed by atoms with Gasteiger partial charge in [0.15, 0.2) is 0 Å². The van der Waals surface area contributed by atoms with Crippen molar-refractivity contribution in [2.75, 3.05) is 18.0 Å². The van der Waals surface area contributed by atoms with Crippen molar-refractivity contribution in [3.63, 3.8) is 0 Å². The lowest BCUT2D eigenvalue weighted by molar-refractivity contribution is 0.143. The van der Waals surface area contributed by atoms with E-state index in [1.54, 1.807) is 0 Å². The van der Waals surface area contributed by atoms with Gasteiger partial charge in [0.25, 0.3) is 0 Å².